The Bertz CT molecular complexity index is 693. The Balaban J connectivity index is 1.92. The van der Waals surface area contributed by atoms with E-state index in [2.05, 4.69) is 21.1 Å². The number of fused-ring (bicyclic) bond motifs is 1. The average molecular weight is 338 g/mol. The molecule has 2 heterocycles. The van der Waals surface area contributed by atoms with Crippen LogP contribution in [0.4, 0.5) is 4.79 Å². The van der Waals surface area contributed by atoms with Crippen LogP contribution in [0.25, 0.3) is 0 Å². The number of amides is 2. The van der Waals surface area contributed by atoms with Crippen LogP contribution in [-0.2, 0) is 0 Å². The predicted octanol–water partition coefficient (Wildman–Crippen LogP) is 2.23. The van der Waals surface area contributed by atoms with Crippen molar-refractivity contribution in [2.45, 2.75) is 6.17 Å². The maximum absolute atomic E-state index is 11.5. The molecule has 0 fully saturated rings. The number of hydrogen-bond acceptors (Lipinski definition) is 4. The van der Waals surface area contributed by atoms with Crippen molar-refractivity contribution in [1.82, 2.24) is 21.1 Å². The number of nitrogens with zero attached hydrogens (tertiary/aromatic N) is 2. The summed E-state index contributed by atoms with van der Waals surface area (Å²) in [6.45, 7) is 0. The summed E-state index contributed by atoms with van der Waals surface area (Å²) in [4.78, 5) is 16.1. The Morgan fingerprint density at radius 3 is 2.77 bits per heavy atom. The number of hydrogen-bond donors (Lipinski definition) is 3. The molecule has 1 atom stereocenters. The molecule has 1 unspecified atom stereocenters. The molecule has 0 spiro atoms. The molecular weight excluding hydrogens is 325 g/mol. The summed E-state index contributed by atoms with van der Waals surface area (Å²) in [6.07, 6.45) is 5.03. The molecule has 0 aromatic heterocycles. The standard InChI is InChI=1S/C14H13Cl2N5O/c1-17-14(22)20-21-7-3-6-10-13(21)19-12(18-10)11-8(15)4-2-5-9(11)16/h2-7,13H,1H3,(H,18,19)(H2,17,20,22). The zero-order valence-electron chi connectivity index (χ0n) is 11.6. The first-order chi connectivity index (χ1) is 10.6. The van der Waals surface area contributed by atoms with Crippen molar-refractivity contribution in [2.75, 3.05) is 7.05 Å². The zero-order chi connectivity index (χ0) is 15.7. The van der Waals surface area contributed by atoms with Gasteiger partial charge in [0.25, 0.3) is 0 Å². The Kier molecular flexibility index (Phi) is 3.96. The minimum absolute atomic E-state index is 0.328. The summed E-state index contributed by atoms with van der Waals surface area (Å²) >= 11 is 12.4. The summed E-state index contributed by atoms with van der Waals surface area (Å²) in [7, 11) is 1.55. The first-order valence-corrected chi connectivity index (χ1v) is 7.30. The molecule has 2 aliphatic heterocycles. The van der Waals surface area contributed by atoms with Crippen molar-refractivity contribution in [3.05, 3.63) is 57.9 Å². The highest BCUT2D eigenvalue weighted by Crippen LogP contribution is 2.29. The van der Waals surface area contributed by atoms with Crippen molar-refractivity contribution in [3.8, 4) is 0 Å². The Labute approximate surface area is 137 Å². The minimum Gasteiger partial charge on any atom is -0.340 e. The van der Waals surface area contributed by atoms with Gasteiger partial charge in [-0.1, -0.05) is 29.3 Å². The normalized spacial score (nSPS) is 19.0. The van der Waals surface area contributed by atoms with Crippen molar-refractivity contribution >= 4 is 35.1 Å². The fourth-order valence-corrected chi connectivity index (χ4v) is 2.79. The lowest BCUT2D eigenvalue weighted by atomic mass is 10.2. The second-order valence-electron chi connectivity index (χ2n) is 4.63. The van der Waals surface area contributed by atoms with Crippen LogP contribution in [0.2, 0.25) is 10.0 Å². The number of carbonyl (C=O) groups excluding carboxylic acids is 1. The molecule has 0 saturated carbocycles. The van der Waals surface area contributed by atoms with Crippen LogP contribution in [0.15, 0.2) is 47.2 Å². The fourth-order valence-electron chi connectivity index (χ4n) is 2.21. The van der Waals surface area contributed by atoms with Gasteiger partial charge >= 0.3 is 6.03 Å². The molecule has 3 N–H and O–H groups in total. The number of carbonyl (C=O) groups is 1. The number of amidine groups is 1. The number of hydrazine groups is 1. The molecule has 1 aromatic carbocycles. The number of allylic oxidation sites excluding steroid dienone is 2. The van der Waals surface area contributed by atoms with Gasteiger partial charge in [-0.3, -0.25) is 5.01 Å². The highest BCUT2D eigenvalue weighted by molar-refractivity contribution is 6.40. The van der Waals surface area contributed by atoms with E-state index in [4.69, 9.17) is 23.2 Å². The highest BCUT2D eigenvalue weighted by Gasteiger charge is 2.31. The smallest absolute Gasteiger partial charge is 0.333 e. The van der Waals surface area contributed by atoms with Gasteiger partial charge in [0.05, 0.1) is 21.3 Å². The molecule has 8 heteroatoms. The molecule has 1 aromatic rings. The van der Waals surface area contributed by atoms with Crippen LogP contribution >= 0.6 is 23.2 Å². The van der Waals surface area contributed by atoms with E-state index < -0.39 is 0 Å². The maximum Gasteiger partial charge on any atom is 0.333 e. The molecule has 114 valence electrons. The second kappa shape index (κ2) is 5.90. The third-order valence-electron chi connectivity index (χ3n) is 3.24. The average Bonchev–Trinajstić information content (AvgIpc) is 2.91. The van der Waals surface area contributed by atoms with E-state index in [-0.39, 0.29) is 12.2 Å². The first-order valence-electron chi connectivity index (χ1n) is 6.54. The number of rotatable bonds is 2. The summed E-state index contributed by atoms with van der Waals surface area (Å²) in [5.74, 6) is 0.569. The number of nitrogens with one attached hydrogen (secondary N) is 3. The summed E-state index contributed by atoms with van der Waals surface area (Å²) < 4.78 is 0. The van der Waals surface area contributed by atoms with Gasteiger partial charge in [0, 0.05) is 13.2 Å². The molecule has 2 amide bonds. The van der Waals surface area contributed by atoms with E-state index in [0.29, 0.717) is 21.4 Å². The van der Waals surface area contributed by atoms with E-state index in [9.17, 15) is 4.79 Å². The minimum atomic E-state index is -0.385. The van der Waals surface area contributed by atoms with Gasteiger partial charge in [-0.05, 0) is 24.3 Å². The van der Waals surface area contributed by atoms with Crippen molar-refractivity contribution < 1.29 is 4.79 Å². The van der Waals surface area contributed by atoms with Crippen molar-refractivity contribution in [1.29, 1.82) is 0 Å². The van der Waals surface area contributed by atoms with E-state index >= 15 is 0 Å². The molecular formula is C14H13Cl2N5O. The van der Waals surface area contributed by atoms with Crippen LogP contribution in [0, 0.1) is 0 Å². The molecule has 0 saturated heterocycles. The number of benzene rings is 1. The summed E-state index contributed by atoms with van der Waals surface area (Å²) in [6, 6.07) is 4.95. The quantitative estimate of drug-likeness (QED) is 0.775. The van der Waals surface area contributed by atoms with Gasteiger partial charge in [-0.25, -0.2) is 15.2 Å². The Morgan fingerprint density at radius 1 is 1.36 bits per heavy atom. The van der Waals surface area contributed by atoms with Gasteiger partial charge in [0.2, 0.25) is 0 Å². The third-order valence-corrected chi connectivity index (χ3v) is 3.87. The van der Waals surface area contributed by atoms with Crippen LogP contribution in [0.3, 0.4) is 0 Å². The van der Waals surface area contributed by atoms with Crippen LogP contribution < -0.4 is 16.1 Å². The second-order valence-corrected chi connectivity index (χ2v) is 5.45. The van der Waals surface area contributed by atoms with Crippen molar-refractivity contribution in [3.63, 3.8) is 0 Å². The van der Waals surface area contributed by atoms with E-state index in [1.54, 1.807) is 42.5 Å². The topological polar surface area (TPSA) is 68.8 Å². The third kappa shape index (κ3) is 2.63. The number of aliphatic imine (C=N–C) groups is 1. The van der Waals surface area contributed by atoms with E-state index in [1.807, 2.05) is 6.08 Å². The number of halogens is 2. The van der Waals surface area contributed by atoms with Gasteiger partial charge in [-0.2, -0.15) is 0 Å². The lowest BCUT2D eigenvalue weighted by Gasteiger charge is -2.27. The Morgan fingerprint density at radius 2 is 2.09 bits per heavy atom. The largest absolute Gasteiger partial charge is 0.340 e. The van der Waals surface area contributed by atoms with Crippen LogP contribution in [0.1, 0.15) is 5.56 Å². The molecule has 0 aliphatic carbocycles. The SMILES string of the molecule is CNC(=O)NN1C=CC=C2NC(c3c(Cl)cccc3Cl)=NC21. The summed E-state index contributed by atoms with van der Waals surface area (Å²) in [5, 5.41) is 8.30. The predicted molar refractivity (Wildman–Crippen MR) is 86.6 cm³/mol. The van der Waals surface area contributed by atoms with Gasteiger partial charge in [-0.15, -0.1) is 0 Å². The zero-order valence-corrected chi connectivity index (χ0v) is 13.1. The monoisotopic (exact) mass is 337 g/mol. The summed E-state index contributed by atoms with van der Waals surface area (Å²) in [5.41, 5.74) is 4.15. The first kappa shape index (κ1) is 14.7. The van der Waals surface area contributed by atoms with Gasteiger partial charge in [0.15, 0.2) is 6.17 Å². The highest BCUT2D eigenvalue weighted by atomic mass is 35.5. The fraction of sp³-hybridized carbons (Fsp3) is 0.143. The molecule has 2 aliphatic rings. The lowest BCUT2D eigenvalue weighted by Crippen LogP contribution is -2.49. The van der Waals surface area contributed by atoms with Crippen LogP contribution in [0.5, 0.6) is 0 Å². The molecule has 3 rings (SSSR count). The molecule has 6 nitrogen and oxygen atoms in total. The van der Waals surface area contributed by atoms with E-state index in [1.165, 1.54) is 0 Å². The van der Waals surface area contributed by atoms with Gasteiger partial charge < -0.3 is 10.6 Å². The lowest BCUT2D eigenvalue weighted by molar-refractivity contribution is 0.195. The maximum atomic E-state index is 11.5. The molecule has 0 radical (unpaired) electrons. The van der Waals surface area contributed by atoms with Gasteiger partial charge in [0.1, 0.15) is 5.84 Å². The van der Waals surface area contributed by atoms with Crippen molar-refractivity contribution in [2.24, 2.45) is 4.99 Å². The molecule has 0 bridgehead atoms. The Hall–Kier alpha value is -2.18. The van der Waals surface area contributed by atoms with Crippen LogP contribution in [-0.4, -0.2) is 30.1 Å². The van der Waals surface area contributed by atoms with E-state index in [0.717, 1.165) is 5.70 Å². The number of urea groups is 1. The molecule has 22 heavy (non-hydrogen) atoms.